The predicted molar refractivity (Wildman–Crippen MR) is 134 cm³/mol. The van der Waals surface area contributed by atoms with Gasteiger partial charge in [-0.3, -0.25) is 4.79 Å². The van der Waals surface area contributed by atoms with E-state index in [9.17, 15) is 14.4 Å². The maximum atomic E-state index is 14.0. The van der Waals surface area contributed by atoms with Crippen LogP contribution in [0.15, 0.2) is 72.8 Å². The van der Waals surface area contributed by atoms with Crippen LogP contribution in [0.4, 0.5) is 0 Å². The van der Waals surface area contributed by atoms with Gasteiger partial charge < -0.3 is 20.0 Å². The Morgan fingerprint density at radius 1 is 0.857 bits per heavy atom. The van der Waals surface area contributed by atoms with E-state index in [0.717, 1.165) is 56.6 Å². The minimum atomic E-state index is -1.26. The zero-order valence-electron chi connectivity index (χ0n) is 20.2. The molecule has 0 aromatic heterocycles. The van der Waals surface area contributed by atoms with Crippen LogP contribution in [-0.2, 0) is 19.8 Å². The SMILES string of the molecule is CN1CCC(CC(C(=O)N2CCCC2)(c2ccccc2)c2ccccc2)C1.O=C(O)/C=C/C(=O)O. The Hall–Kier alpha value is -3.45. The number of hydrogen-bond acceptors (Lipinski definition) is 4. The van der Waals surface area contributed by atoms with E-state index in [0.29, 0.717) is 24.0 Å². The molecule has 0 spiro atoms. The number of hydrogen-bond donors (Lipinski definition) is 2. The minimum Gasteiger partial charge on any atom is -0.478 e. The number of amides is 1. The third-order valence-electron chi connectivity index (χ3n) is 6.74. The van der Waals surface area contributed by atoms with Crippen molar-refractivity contribution >= 4 is 17.8 Å². The molecule has 0 bridgehead atoms. The summed E-state index contributed by atoms with van der Waals surface area (Å²) in [5.41, 5.74) is 1.70. The Kier molecular flexibility index (Phi) is 9.20. The van der Waals surface area contributed by atoms with E-state index in [1.165, 1.54) is 6.42 Å². The summed E-state index contributed by atoms with van der Waals surface area (Å²) < 4.78 is 0. The van der Waals surface area contributed by atoms with Gasteiger partial charge in [-0.15, -0.1) is 0 Å². The van der Waals surface area contributed by atoms with Crippen LogP contribution in [-0.4, -0.2) is 71.1 Å². The molecular weight excluding hydrogens is 444 g/mol. The maximum Gasteiger partial charge on any atom is 0.328 e. The molecule has 2 saturated heterocycles. The third-order valence-corrected chi connectivity index (χ3v) is 6.74. The van der Waals surface area contributed by atoms with E-state index >= 15 is 0 Å². The highest BCUT2D eigenvalue weighted by Crippen LogP contribution is 2.42. The molecule has 0 aliphatic carbocycles. The molecule has 2 N–H and O–H groups in total. The smallest absolute Gasteiger partial charge is 0.328 e. The van der Waals surface area contributed by atoms with E-state index in [4.69, 9.17) is 10.2 Å². The van der Waals surface area contributed by atoms with E-state index in [-0.39, 0.29) is 0 Å². The number of aliphatic carboxylic acids is 2. The summed E-state index contributed by atoms with van der Waals surface area (Å²) in [6.45, 7) is 3.99. The van der Waals surface area contributed by atoms with Crippen molar-refractivity contribution in [3.63, 3.8) is 0 Å². The van der Waals surface area contributed by atoms with Crippen LogP contribution >= 0.6 is 0 Å². The van der Waals surface area contributed by atoms with Gasteiger partial charge in [-0.1, -0.05) is 60.7 Å². The fourth-order valence-corrected chi connectivity index (χ4v) is 5.14. The molecule has 2 fully saturated rings. The Balaban J connectivity index is 0.000000371. The van der Waals surface area contributed by atoms with E-state index in [1.807, 2.05) is 12.1 Å². The second-order valence-electron chi connectivity index (χ2n) is 9.27. The maximum absolute atomic E-state index is 14.0. The first-order valence-corrected chi connectivity index (χ1v) is 12.1. The average molecular weight is 479 g/mol. The molecule has 1 atom stereocenters. The van der Waals surface area contributed by atoms with Crippen LogP contribution in [0.3, 0.4) is 0 Å². The molecule has 1 amide bonds. The molecule has 0 radical (unpaired) electrons. The van der Waals surface area contributed by atoms with Crippen LogP contribution in [0.5, 0.6) is 0 Å². The van der Waals surface area contributed by atoms with Crippen molar-refractivity contribution in [2.24, 2.45) is 5.92 Å². The van der Waals surface area contributed by atoms with Gasteiger partial charge in [-0.05, 0) is 56.3 Å². The number of nitrogens with zero attached hydrogens (tertiary/aromatic N) is 2. The van der Waals surface area contributed by atoms with Gasteiger partial charge in [0.25, 0.3) is 0 Å². The van der Waals surface area contributed by atoms with Crippen molar-refractivity contribution in [3.05, 3.63) is 83.9 Å². The minimum absolute atomic E-state index is 0.298. The van der Waals surface area contributed by atoms with E-state index in [2.05, 4.69) is 65.4 Å². The molecule has 0 saturated carbocycles. The van der Waals surface area contributed by atoms with Crippen LogP contribution in [0.2, 0.25) is 0 Å². The number of carbonyl (C=O) groups excluding carboxylic acids is 1. The number of carboxylic acid groups (broad SMARTS) is 2. The van der Waals surface area contributed by atoms with E-state index in [1.54, 1.807) is 0 Å². The molecule has 2 aliphatic heterocycles. The average Bonchev–Trinajstić information content (AvgIpc) is 3.54. The van der Waals surface area contributed by atoms with Gasteiger partial charge in [0.05, 0.1) is 5.41 Å². The van der Waals surface area contributed by atoms with Gasteiger partial charge in [-0.2, -0.15) is 0 Å². The molecule has 2 aliphatic rings. The second kappa shape index (κ2) is 12.3. The predicted octanol–water partition coefficient (Wildman–Crippen LogP) is 3.65. The monoisotopic (exact) mass is 478 g/mol. The van der Waals surface area contributed by atoms with Crippen LogP contribution in [0.1, 0.15) is 36.8 Å². The van der Waals surface area contributed by atoms with Gasteiger partial charge in [-0.25, -0.2) is 9.59 Å². The highest BCUT2D eigenvalue weighted by atomic mass is 16.4. The Labute approximate surface area is 206 Å². The first-order chi connectivity index (χ1) is 16.8. The highest BCUT2D eigenvalue weighted by Gasteiger charge is 2.46. The normalized spacial score (nSPS) is 18.3. The molecular formula is C28H34N2O5. The van der Waals surface area contributed by atoms with Crippen LogP contribution in [0, 0.1) is 5.92 Å². The lowest BCUT2D eigenvalue weighted by Crippen LogP contribution is -2.48. The lowest BCUT2D eigenvalue weighted by atomic mass is 9.67. The molecule has 2 heterocycles. The quantitative estimate of drug-likeness (QED) is 0.590. The molecule has 2 aromatic rings. The Bertz CT molecular complexity index is 961. The van der Waals surface area contributed by atoms with Gasteiger partial charge in [0.15, 0.2) is 0 Å². The lowest BCUT2D eigenvalue weighted by Gasteiger charge is -2.39. The number of rotatable bonds is 7. The number of carbonyl (C=O) groups is 3. The van der Waals surface area contributed by atoms with Crippen molar-refractivity contribution in [2.75, 3.05) is 33.2 Å². The van der Waals surface area contributed by atoms with Crippen molar-refractivity contribution in [3.8, 4) is 0 Å². The summed E-state index contributed by atoms with van der Waals surface area (Å²) >= 11 is 0. The number of benzene rings is 2. The van der Waals surface area contributed by atoms with Crippen molar-refractivity contribution in [2.45, 2.75) is 31.1 Å². The first-order valence-electron chi connectivity index (χ1n) is 12.1. The Morgan fingerprint density at radius 3 is 1.74 bits per heavy atom. The fourth-order valence-electron chi connectivity index (χ4n) is 5.14. The van der Waals surface area contributed by atoms with Crippen LogP contribution < -0.4 is 0 Å². The summed E-state index contributed by atoms with van der Waals surface area (Å²) in [5, 5.41) is 15.6. The van der Waals surface area contributed by atoms with E-state index < -0.39 is 17.4 Å². The van der Waals surface area contributed by atoms with Crippen molar-refractivity contribution in [1.29, 1.82) is 0 Å². The molecule has 1 unspecified atom stereocenters. The highest BCUT2D eigenvalue weighted by molar-refractivity contribution is 5.92. The van der Waals surface area contributed by atoms with Crippen molar-refractivity contribution in [1.82, 2.24) is 9.80 Å². The molecule has 35 heavy (non-hydrogen) atoms. The van der Waals surface area contributed by atoms with Gasteiger partial charge >= 0.3 is 11.9 Å². The largest absolute Gasteiger partial charge is 0.478 e. The Morgan fingerprint density at radius 2 is 1.34 bits per heavy atom. The molecule has 4 rings (SSSR count). The molecule has 2 aromatic carbocycles. The fraction of sp³-hybridized carbons (Fsp3) is 0.393. The number of carboxylic acids is 2. The van der Waals surface area contributed by atoms with Gasteiger partial charge in [0, 0.05) is 31.8 Å². The topological polar surface area (TPSA) is 98.2 Å². The zero-order valence-corrected chi connectivity index (χ0v) is 20.2. The summed E-state index contributed by atoms with van der Waals surface area (Å²) in [5.74, 6) is -1.67. The first kappa shape index (κ1) is 26.2. The molecule has 7 heteroatoms. The molecule has 7 nitrogen and oxygen atoms in total. The summed E-state index contributed by atoms with van der Waals surface area (Å²) in [4.78, 5) is 37.7. The summed E-state index contributed by atoms with van der Waals surface area (Å²) in [6, 6.07) is 21.0. The third kappa shape index (κ3) is 6.79. The summed E-state index contributed by atoms with van der Waals surface area (Å²) in [7, 11) is 2.19. The van der Waals surface area contributed by atoms with Gasteiger partial charge in [0.2, 0.25) is 5.91 Å². The van der Waals surface area contributed by atoms with Crippen LogP contribution in [0.25, 0.3) is 0 Å². The molecule has 186 valence electrons. The summed E-state index contributed by atoms with van der Waals surface area (Å²) in [6.07, 6.45) is 5.42. The lowest BCUT2D eigenvalue weighted by molar-refractivity contribution is -0.135. The zero-order chi connectivity index (χ0) is 25.3. The van der Waals surface area contributed by atoms with Crippen molar-refractivity contribution < 1.29 is 24.6 Å². The standard InChI is InChI=1S/C24H30N2O.C4H4O4/c1-25-17-14-20(19-25)18-24(21-10-4-2-5-11-21,22-12-6-3-7-13-22)23(27)26-15-8-9-16-26;5-3(6)1-2-4(7)8/h2-7,10-13,20H,8-9,14-19H2,1H3;1-2H,(H,5,6)(H,7,8)/b;2-1+. The van der Waals surface area contributed by atoms with Gasteiger partial charge in [0.1, 0.15) is 0 Å². The second-order valence-corrected chi connectivity index (χ2v) is 9.27. The number of likely N-dealkylation sites (tertiary alicyclic amines) is 2.